The number of hydrogen-bond donors (Lipinski definition) is 1. The highest BCUT2D eigenvalue weighted by molar-refractivity contribution is 5.64. The van der Waals surface area contributed by atoms with E-state index in [2.05, 4.69) is 11.0 Å². The van der Waals surface area contributed by atoms with Gasteiger partial charge in [0.05, 0.1) is 11.3 Å². The standard InChI is InChI=1S/C11H13N3/c1-14(10-3-4-10)11-5-2-9(13)6-8(11)7-12/h2,5-6,10H,3-4,13H2,1H3. The summed E-state index contributed by atoms with van der Waals surface area (Å²) in [6, 6.07) is 8.29. The predicted octanol–water partition coefficient (Wildman–Crippen LogP) is 1.74. The van der Waals surface area contributed by atoms with Crippen molar-refractivity contribution in [2.75, 3.05) is 17.7 Å². The molecule has 1 aliphatic carbocycles. The van der Waals surface area contributed by atoms with Crippen molar-refractivity contribution in [3.63, 3.8) is 0 Å². The van der Waals surface area contributed by atoms with Crippen LogP contribution in [-0.2, 0) is 0 Å². The summed E-state index contributed by atoms with van der Waals surface area (Å²) < 4.78 is 0. The average molecular weight is 187 g/mol. The summed E-state index contributed by atoms with van der Waals surface area (Å²) in [5.74, 6) is 0. The Morgan fingerprint density at radius 2 is 2.21 bits per heavy atom. The Morgan fingerprint density at radius 3 is 2.79 bits per heavy atom. The van der Waals surface area contributed by atoms with E-state index in [1.54, 1.807) is 6.07 Å². The molecule has 0 aliphatic heterocycles. The molecule has 0 unspecified atom stereocenters. The van der Waals surface area contributed by atoms with Crippen LogP contribution in [0.3, 0.4) is 0 Å². The number of hydrogen-bond acceptors (Lipinski definition) is 3. The van der Waals surface area contributed by atoms with Crippen LogP contribution in [0.15, 0.2) is 18.2 Å². The molecule has 0 heterocycles. The molecule has 72 valence electrons. The molecule has 2 N–H and O–H groups in total. The third-order valence-electron chi connectivity index (χ3n) is 2.62. The fraction of sp³-hybridized carbons (Fsp3) is 0.364. The molecule has 14 heavy (non-hydrogen) atoms. The molecule has 0 radical (unpaired) electrons. The van der Waals surface area contributed by atoms with Crippen molar-refractivity contribution in [3.05, 3.63) is 23.8 Å². The normalized spacial score (nSPS) is 14.9. The minimum atomic E-state index is 0.616. The van der Waals surface area contributed by atoms with Crippen molar-refractivity contribution in [2.24, 2.45) is 0 Å². The van der Waals surface area contributed by atoms with Crippen molar-refractivity contribution in [1.29, 1.82) is 5.26 Å². The van der Waals surface area contributed by atoms with Gasteiger partial charge in [0.15, 0.2) is 0 Å². The molecule has 0 atom stereocenters. The van der Waals surface area contributed by atoms with Crippen LogP contribution in [-0.4, -0.2) is 13.1 Å². The first-order valence-corrected chi connectivity index (χ1v) is 4.75. The molecule has 0 bridgehead atoms. The van der Waals surface area contributed by atoms with Crippen LogP contribution in [0.5, 0.6) is 0 Å². The predicted molar refractivity (Wildman–Crippen MR) is 57.0 cm³/mol. The van der Waals surface area contributed by atoms with E-state index in [9.17, 15) is 0 Å². The molecule has 1 aromatic rings. The van der Waals surface area contributed by atoms with E-state index in [0.29, 0.717) is 17.3 Å². The highest BCUT2D eigenvalue weighted by Crippen LogP contribution is 2.32. The molecule has 1 aromatic carbocycles. The summed E-state index contributed by atoms with van der Waals surface area (Å²) in [6.07, 6.45) is 2.46. The zero-order valence-corrected chi connectivity index (χ0v) is 8.20. The Hall–Kier alpha value is -1.69. The third-order valence-corrected chi connectivity index (χ3v) is 2.62. The van der Waals surface area contributed by atoms with Crippen molar-refractivity contribution in [2.45, 2.75) is 18.9 Å². The van der Waals surface area contributed by atoms with Gasteiger partial charge in [-0.2, -0.15) is 5.26 Å². The molecule has 0 saturated heterocycles. The Balaban J connectivity index is 2.36. The molecule has 0 spiro atoms. The van der Waals surface area contributed by atoms with Crippen LogP contribution >= 0.6 is 0 Å². The van der Waals surface area contributed by atoms with E-state index in [1.807, 2.05) is 19.2 Å². The van der Waals surface area contributed by atoms with E-state index in [1.165, 1.54) is 12.8 Å². The second kappa shape index (κ2) is 3.22. The number of nitrogen functional groups attached to an aromatic ring is 1. The lowest BCUT2D eigenvalue weighted by molar-refractivity contribution is 0.915. The van der Waals surface area contributed by atoms with Gasteiger partial charge in [0.2, 0.25) is 0 Å². The van der Waals surface area contributed by atoms with E-state index in [0.717, 1.165) is 5.69 Å². The molecular weight excluding hydrogens is 174 g/mol. The first kappa shape index (κ1) is 8.89. The topological polar surface area (TPSA) is 53.0 Å². The number of rotatable bonds is 2. The second-order valence-corrected chi connectivity index (χ2v) is 3.73. The number of anilines is 2. The highest BCUT2D eigenvalue weighted by Gasteiger charge is 2.27. The average Bonchev–Trinajstić information content (AvgIpc) is 3.00. The first-order valence-electron chi connectivity index (χ1n) is 4.75. The molecule has 3 nitrogen and oxygen atoms in total. The SMILES string of the molecule is CN(c1ccc(N)cc1C#N)C1CC1. The molecule has 0 amide bonds. The van der Waals surface area contributed by atoms with Gasteiger partial charge in [-0.1, -0.05) is 0 Å². The molecule has 1 aliphatic rings. The molecule has 1 saturated carbocycles. The molecular formula is C11H13N3. The molecule has 2 rings (SSSR count). The fourth-order valence-corrected chi connectivity index (χ4v) is 1.61. The maximum atomic E-state index is 8.96. The van der Waals surface area contributed by atoms with Gasteiger partial charge in [0.25, 0.3) is 0 Å². The van der Waals surface area contributed by atoms with Gasteiger partial charge in [-0.15, -0.1) is 0 Å². The van der Waals surface area contributed by atoms with Crippen LogP contribution in [0.2, 0.25) is 0 Å². The Kier molecular flexibility index (Phi) is 2.05. The van der Waals surface area contributed by atoms with Crippen molar-refractivity contribution in [1.82, 2.24) is 0 Å². The van der Waals surface area contributed by atoms with Gasteiger partial charge < -0.3 is 10.6 Å². The summed E-state index contributed by atoms with van der Waals surface area (Å²) >= 11 is 0. The lowest BCUT2D eigenvalue weighted by atomic mass is 10.1. The van der Waals surface area contributed by atoms with Gasteiger partial charge in [0, 0.05) is 18.8 Å². The van der Waals surface area contributed by atoms with Crippen molar-refractivity contribution >= 4 is 11.4 Å². The van der Waals surface area contributed by atoms with Crippen LogP contribution in [0.4, 0.5) is 11.4 Å². The van der Waals surface area contributed by atoms with Gasteiger partial charge in [-0.25, -0.2) is 0 Å². The summed E-state index contributed by atoms with van der Waals surface area (Å²) in [5.41, 5.74) is 7.93. The summed E-state index contributed by atoms with van der Waals surface area (Å²) in [5, 5.41) is 8.96. The van der Waals surface area contributed by atoms with Crippen LogP contribution in [0, 0.1) is 11.3 Å². The summed E-state index contributed by atoms with van der Waals surface area (Å²) in [4.78, 5) is 2.16. The first-order chi connectivity index (χ1) is 6.72. The third kappa shape index (κ3) is 1.51. The van der Waals surface area contributed by atoms with Crippen LogP contribution in [0.25, 0.3) is 0 Å². The Labute approximate surface area is 83.7 Å². The quantitative estimate of drug-likeness (QED) is 0.717. The molecule has 1 fully saturated rings. The zero-order chi connectivity index (χ0) is 10.1. The summed E-state index contributed by atoms with van der Waals surface area (Å²) in [7, 11) is 2.03. The largest absolute Gasteiger partial charge is 0.399 e. The Bertz CT molecular complexity index is 388. The number of nitriles is 1. The smallest absolute Gasteiger partial charge is 0.101 e. The minimum absolute atomic E-state index is 0.616. The number of nitrogens with zero attached hydrogens (tertiary/aromatic N) is 2. The van der Waals surface area contributed by atoms with E-state index >= 15 is 0 Å². The summed E-state index contributed by atoms with van der Waals surface area (Å²) in [6.45, 7) is 0. The van der Waals surface area contributed by atoms with Gasteiger partial charge in [0.1, 0.15) is 6.07 Å². The molecule has 3 heteroatoms. The van der Waals surface area contributed by atoms with E-state index in [4.69, 9.17) is 11.0 Å². The highest BCUT2D eigenvalue weighted by atomic mass is 15.2. The van der Waals surface area contributed by atoms with E-state index in [-0.39, 0.29) is 0 Å². The second-order valence-electron chi connectivity index (χ2n) is 3.73. The van der Waals surface area contributed by atoms with Crippen molar-refractivity contribution < 1.29 is 0 Å². The lowest BCUT2D eigenvalue weighted by Crippen LogP contribution is -2.20. The van der Waals surface area contributed by atoms with E-state index < -0.39 is 0 Å². The zero-order valence-electron chi connectivity index (χ0n) is 8.20. The van der Waals surface area contributed by atoms with Crippen molar-refractivity contribution in [3.8, 4) is 6.07 Å². The van der Waals surface area contributed by atoms with Crippen LogP contribution in [0.1, 0.15) is 18.4 Å². The van der Waals surface area contributed by atoms with Gasteiger partial charge in [-0.3, -0.25) is 0 Å². The lowest BCUT2D eigenvalue weighted by Gasteiger charge is -2.19. The number of benzene rings is 1. The fourth-order valence-electron chi connectivity index (χ4n) is 1.61. The monoisotopic (exact) mass is 187 g/mol. The minimum Gasteiger partial charge on any atom is -0.399 e. The maximum Gasteiger partial charge on any atom is 0.101 e. The molecule has 0 aromatic heterocycles. The van der Waals surface area contributed by atoms with Crippen LogP contribution < -0.4 is 10.6 Å². The van der Waals surface area contributed by atoms with Gasteiger partial charge in [-0.05, 0) is 31.0 Å². The number of nitrogens with two attached hydrogens (primary N) is 1. The van der Waals surface area contributed by atoms with Gasteiger partial charge >= 0.3 is 0 Å². The Morgan fingerprint density at radius 1 is 1.50 bits per heavy atom. The maximum absolute atomic E-state index is 8.96.